The van der Waals surface area contributed by atoms with Crippen molar-refractivity contribution in [2.45, 2.75) is 30.8 Å². The molecule has 0 aliphatic carbocycles. The molecule has 4 rings (SSSR count). The summed E-state index contributed by atoms with van der Waals surface area (Å²) in [4.78, 5) is 28.5. The molecule has 2 aliphatic rings. The van der Waals surface area contributed by atoms with E-state index >= 15 is 0 Å². The van der Waals surface area contributed by atoms with Crippen LogP contribution in [-0.4, -0.2) is 101 Å². The number of alkyl halides is 3. The Hall–Kier alpha value is -3.36. The Morgan fingerprint density at radius 2 is 1.51 bits per heavy atom. The Balaban J connectivity index is 0.000000587. The highest BCUT2D eigenvalue weighted by atomic mass is 32.2. The molecule has 0 radical (unpaired) electrons. The Morgan fingerprint density at radius 1 is 0.951 bits per heavy atom. The molecule has 2 aromatic carbocycles. The van der Waals surface area contributed by atoms with Crippen LogP contribution in [0.2, 0.25) is 0 Å². The van der Waals surface area contributed by atoms with E-state index < -0.39 is 22.2 Å². The third kappa shape index (κ3) is 8.81. The van der Waals surface area contributed by atoms with Crippen molar-refractivity contribution >= 4 is 33.3 Å². The van der Waals surface area contributed by atoms with E-state index in [1.54, 1.807) is 18.2 Å². The van der Waals surface area contributed by atoms with Gasteiger partial charge in [-0.3, -0.25) is 9.52 Å². The van der Waals surface area contributed by atoms with Crippen molar-refractivity contribution in [3.8, 4) is 0 Å². The summed E-state index contributed by atoms with van der Waals surface area (Å²) in [5.74, 6) is -2.50. The largest absolute Gasteiger partial charge is 0.490 e. The van der Waals surface area contributed by atoms with Gasteiger partial charge in [-0.15, -0.1) is 0 Å². The smallest absolute Gasteiger partial charge is 0.475 e. The Labute approximate surface area is 238 Å². The minimum atomic E-state index is -5.08. The third-order valence-corrected chi connectivity index (χ3v) is 8.22. The van der Waals surface area contributed by atoms with Gasteiger partial charge >= 0.3 is 12.1 Å². The predicted octanol–water partition coefficient (Wildman–Crippen LogP) is 3.04. The minimum absolute atomic E-state index is 0.0679. The number of carbonyl (C=O) groups excluding carboxylic acids is 1. The Morgan fingerprint density at radius 3 is 2.02 bits per heavy atom. The second kappa shape index (κ2) is 13.5. The van der Waals surface area contributed by atoms with Crippen LogP contribution in [0.5, 0.6) is 0 Å². The van der Waals surface area contributed by atoms with Crippen LogP contribution >= 0.6 is 0 Å². The maximum atomic E-state index is 13.3. The molecule has 10 nitrogen and oxygen atoms in total. The van der Waals surface area contributed by atoms with Crippen LogP contribution < -0.4 is 14.9 Å². The van der Waals surface area contributed by atoms with E-state index in [9.17, 15) is 26.4 Å². The summed E-state index contributed by atoms with van der Waals surface area (Å²) in [6, 6.07) is 12.4. The third-order valence-electron chi connectivity index (χ3n) is 6.84. The number of nitrogens with zero attached hydrogens (tertiary/aromatic N) is 3. The highest BCUT2D eigenvalue weighted by molar-refractivity contribution is 7.92. The number of anilines is 2. The summed E-state index contributed by atoms with van der Waals surface area (Å²) in [6.45, 7) is 10.3. The van der Waals surface area contributed by atoms with E-state index in [1.807, 2.05) is 36.2 Å². The lowest BCUT2D eigenvalue weighted by Crippen LogP contribution is -2.47. The van der Waals surface area contributed by atoms with Gasteiger partial charge in [0.2, 0.25) is 0 Å². The number of hydrogen-bond donors (Lipinski definition) is 3. The van der Waals surface area contributed by atoms with Crippen LogP contribution in [0.3, 0.4) is 0 Å². The number of sulfonamides is 1. The lowest BCUT2D eigenvalue weighted by molar-refractivity contribution is -0.192. The zero-order valence-corrected chi connectivity index (χ0v) is 24.1. The molecule has 0 spiro atoms. The van der Waals surface area contributed by atoms with Gasteiger partial charge in [-0.1, -0.05) is 26.0 Å². The molecular weight excluding hydrogens is 563 g/mol. The summed E-state index contributed by atoms with van der Waals surface area (Å²) in [5.41, 5.74) is 2.81. The number of piperazine rings is 2. The summed E-state index contributed by atoms with van der Waals surface area (Å²) in [7, 11) is -1.77. The first-order valence-corrected chi connectivity index (χ1v) is 14.7. The molecule has 0 atom stereocenters. The first kappa shape index (κ1) is 32.2. The van der Waals surface area contributed by atoms with E-state index in [0.717, 1.165) is 50.5 Å². The van der Waals surface area contributed by atoms with E-state index in [1.165, 1.54) is 0 Å². The van der Waals surface area contributed by atoms with Gasteiger partial charge < -0.3 is 25.1 Å². The van der Waals surface area contributed by atoms with Gasteiger partial charge in [-0.25, -0.2) is 13.2 Å². The maximum Gasteiger partial charge on any atom is 0.490 e. The minimum Gasteiger partial charge on any atom is -0.475 e. The average molecular weight is 600 g/mol. The summed E-state index contributed by atoms with van der Waals surface area (Å²) < 4.78 is 61.1. The monoisotopic (exact) mass is 599 g/mol. The van der Waals surface area contributed by atoms with Crippen molar-refractivity contribution in [1.29, 1.82) is 0 Å². The summed E-state index contributed by atoms with van der Waals surface area (Å²) >= 11 is 0. The number of halogens is 3. The number of benzene rings is 2. The molecule has 41 heavy (non-hydrogen) atoms. The molecule has 0 aromatic heterocycles. The van der Waals surface area contributed by atoms with E-state index in [2.05, 4.69) is 33.7 Å². The molecule has 2 heterocycles. The highest BCUT2D eigenvalue weighted by Crippen LogP contribution is 2.31. The molecule has 3 N–H and O–H groups in total. The SMILES string of the molecule is CC(C)c1ccc(S(=O)(=O)Nc2cc(C(=O)N3CCN(C)CC3)ccc2N2CCNCC2)cc1.O=C(O)C(F)(F)F. The van der Waals surface area contributed by atoms with Gasteiger partial charge in [-0.05, 0) is 48.9 Å². The topological polar surface area (TPSA) is 122 Å². The van der Waals surface area contributed by atoms with Crippen LogP contribution in [-0.2, 0) is 14.8 Å². The van der Waals surface area contributed by atoms with Crippen molar-refractivity contribution in [1.82, 2.24) is 15.1 Å². The van der Waals surface area contributed by atoms with Crippen molar-refractivity contribution in [3.63, 3.8) is 0 Å². The molecule has 1 amide bonds. The van der Waals surface area contributed by atoms with Gasteiger partial charge in [-0.2, -0.15) is 13.2 Å². The number of hydrogen-bond acceptors (Lipinski definition) is 7. The van der Waals surface area contributed by atoms with Crippen molar-refractivity contribution in [2.75, 3.05) is 69.0 Å². The number of likely N-dealkylation sites (N-methyl/N-ethyl adjacent to an activating group) is 1. The molecule has 2 aliphatic heterocycles. The van der Waals surface area contributed by atoms with E-state index in [4.69, 9.17) is 9.90 Å². The molecule has 0 unspecified atom stereocenters. The summed E-state index contributed by atoms with van der Waals surface area (Å²) in [6.07, 6.45) is -5.08. The number of carboxylic acids is 1. The standard InChI is InChI=1S/C25H35N5O3S.C2HF3O2/c1-19(2)20-4-7-22(8-5-20)34(32,33)27-23-18-21(25(31)30-16-14-28(3)15-17-30)6-9-24(23)29-12-10-26-11-13-29;3-2(4,5)1(6)7/h4-9,18-19,26-27H,10-17H2,1-3H3;(H,6,7). The summed E-state index contributed by atoms with van der Waals surface area (Å²) in [5, 5.41) is 10.4. The fourth-order valence-corrected chi connectivity index (χ4v) is 5.43. The van der Waals surface area contributed by atoms with Gasteiger partial charge in [0, 0.05) is 57.9 Å². The van der Waals surface area contributed by atoms with Gasteiger partial charge in [0.25, 0.3) is 15.9 Å². The van der Waals surface area contributed by atoms with Crippen LogP contribution in [0, 0.1) is 0 Å². The molecule has 14 heteroatoms. The van der Waals surface area contributed by atoms with Gasteiger partial charge in [0.15, 0.2) is 0 Å². The highest BCUT2D eigenvalue weighted by Gasteiger charge is 2.38. The zero-order valence-electron chi connectivity index (χ0n) is 23.2. The Bertz CT molecular complexity index is 1310. The fourth-order valence-electron chi connectivity index (χ4n) is 4.36. The van der Waals surface area contributed by atoms with E-state index in [0.29, 0.717) is 30.3 Å². The van der Waals surface area contributed by atoms with Crippen LogP contribution in [0.25, 0.3) is 0 Å². The first-order valence-electron chi connectivity index (χ1n) is 13.2. The van der Waals surface area contributed by atoms with Crippen LogP contribution in [0.1, 0.15) is 35.7 Å². The number of aliphatic carboxylic acids is 1. The lowest BCUT2D eigenvalue weighted by atomic mass is 10.0. The molecule has 226 valence electrons. The van der Waals surface area contributed by atoms with Crippen molar-refractivity contribution < 1.29 is 36.3 Å². The first-order chi connectivity index (χ1) is 19.2. The number of amides is 1. The molecular formula is C27H36F3N5O5S. The number of carbonyl (C=O) groups is 2. The fraction of sp³-hybridized carbons (Fsp3) is 0.481. The zero-order chi connectivity index (χ0) is 30.4. The van der Waals surface area contributed by atoms with Crippen LogP contribution in [0.15, 0.2) is 47.4 Å². The predicted molar refractivity (Wildman–Crippen MR) is 150 cm³/mol. The average Bonchev–Trinajstić information content (AvgIpc) is 2.93. The molecule has 0 saturated carbocycles. The van der Waals surface area contributed by atoms with Gasteiger partial charge in [0.05, 0.1) is 16.3 Å². The normalized spacial score (nSPS) is 16.7. The maximum absolute atomic E-state index is 13.3. The van der Waals surface area contributed by atoms with Crippen LogP contribution in [0.4, 0.5) is 24.5 Å². The second-order valence-corrected chi connectivity index (χ2v) is 11.9. The Kier molecular flexibility index (Phi) is 10.6. The molecule has 2 aromatic rings. The number of rotatable bonds is 6. The van der Waals surface area contributed by atoms with E-state index in [-0.39, 0.29) is 10.8 Å². The van der Waals surface area contributed by atoms with Gasteiger partial charge in [0.1, 0.15) is 0 Å². The molecule has 2 fully saturated rings. The quantitative estimate of drug-likeness (QED) is 0.464. The van der Waals surface area contributed by atoms with Crippen molar-refractivity contribution in [3.05, 3.63) is 53.6 Å². The lowest BCUT2D eigenvalue weighted by Gasteiger charge is -2.33. The second-order valence-electron chi connectivity index (χ2n) is 10.2. The molecule has 2 saturated heterocycles. The van der Waals surface area contributed by atoms with Crippen molar-refractivity contribution in [2.24, 2.45) is 0 Å². The number of carboxylic acid groups (broad SMARTS) is 1. The number of nitrogens with one attached hydrogen (secondary N) is 2. The molecule has 0 bridgehead atoms.